The first-order valence-electron chi connectivity index (χ1n) is 8.61. The number of sulfonamides is 1. The average Bonchev–Trinajstić information content (AvgIpc) is 2.61. The van der Waals surface area contributed by atoms with Gasteiger partial charge in [-0.3, -0.25) is 9.59 Å². The van der Waals surface area contributed by atoms with Crippen molar-refractivity contribution in [1.29, 1.82) is 0 Å². The van der Waals surface area contributed by atoms with E-state index in [1.807, 2.05) is 6.07 Å². The van der Waals surface area contributed by atoms with Gasteiger partial charge in [0.15, 0.2) is 0 Å². The molecule has 0 saturated carbocycles. The standard InChI is InChI=1S/C19H21N3O4S/c1-12(2)22-27(25,26)16-5-3-4-14(11-16)19(24)20-15-7-8-17-13(10-15)6-9-18(23)21-17/h3-5,7-8,10-12,22H,6,9H2,1-2H3,(H,20,24)(H,21,23). The van der Waals surface area contributed by atoms with Gasteiger partial charge in [-0.15, -0.1) is 0 Å². The molecule has 1 heterocycles. The van der Waals surface area contributed by atoms with Gasteiger partial charge in [0.05, 0.1) is 4.90 Å². The lowest BCUT2D eigenvalue weighted by Gasteiger charge is -2.17. The van der Waals surface area contributed by atoms with Crippen LogP contribution in [0.1, 0.15) is 36.2 Å². The summed E-state index contributed by atoms with van der Waals surface area (Å²) in [5, 5.41) is 5.56. The van der Waals surface area contributed by atoms with Gasteiger partial charge in [-0.1, -0.05) is 6.07 Å². The van der Waals surface area contributed by atoms with Crippen LogP contribution in [0.4, 0.5) is 11.4 Å². The third-order valence-corrected chi connectivity index (χ3v) is 5.71. The van der Waals surface area contributed by atoms with E-state index in [9.17, 15) is 18.0 Å². The number of fused-ring (bicyclic) bond motifs is 1. The van der Waals surface area contributed by atoms with E-state index in [2.05, 4.69) is 15.4 Å². The maximum atomic E-state index is 12.5. The molecule has 0 saturated heterocycles. The number of aryl methyl sites for hydroxylation is 1. The lowest BCUT2D eigenvalue weighted by molar-refractivity contribution is -0.116. The molecule has 142 valence electrons. The number of benzene rings is 2. The fourth-order valence-electron chi connectivity index (χ4n) is 2.85. The van der Waals surface area contributed by atoms with Gasteiger partial charge in [-0.25, -0.2) is 13.1 Å². The predicted molar refractivity (Wildman–Crippen MR) is 103 cm³/mol. The largest absolute Gasteiger partial charge is 0.326 e. The van der Waals surface area contributed by atoms with Gasteiger partial charge in [0.1, 0.15) is 0 Å². The minimum absolute atomic E-state index is 0.0210. The van der Waals surface area contributed by atoms with Crippen molar-refractivity contribution in [1.82, 2.24) is 4.72 Å². The van der Waals surface area contributed by atoms with Crippen molar-refractivity contribution in [3.8, 4) is 0 Å². The summed E-state index contributed by atoms with van der Waals surface area (Å²) in [6, 6.07) is 10.9. The normalized spacial score (nSPS) is 13.8. The monoisotopic (exact) mass is 387 g/mol. The number of carbonyl (C=O) groups excluding carboxylic acids is 2. The van der Waals surface area contributed by atoms with E-state index in [1.165, 1.54) is 18.2 Å². The molecule has 0 unspecified atom stereocenters. The molecule has 27 heavy (non-hydrogen) atoms. The van der Waals surface area contributed by atoms with Gasteiger partial charge in [-0.05, 0) is 62.2 Å². The van der Waals surface area contributed by atoms with Crippen LogP contribution in [0.2, 0.25) is 0 Å². The summed E-state index contributed by atoms with van der Waals surface area (Å²) < 4.78 is 27.1. The lowest BCUT2D eigenvalue weighted by atomic mass is 10.0. The number of hydrogen-bond acceptors (Lipinski definition) is 4. The highest BCUT2D eigenvalue weighted by atomic mass is 32.2. The minimum Gasteiger partial charge on any atom is -0.326 e. The molecule has 3 rings (SSSR count). The molecule has 0 radical (unpaired) electrons. The van der Waals surface area contributed by atoms with Crippen molar-refractivity contribution in [3.63, 3.8) is 0 Å². The van der Waals surface area contributed by atoms with E-state index in [4.69, 9.17) is 0 Å². The number of nitrogens with one attached hydrogen (secondary N) is 3. The Hall–Kier alpha value is -2.71. The van der Waals surface area contributed by atoms with Crippen molar-refractivity contribution in [2.24, 2.45) is 0 Å². The number of hydrogen-bond donors (Lipinski definition) is 3. The highest BCUT2D eigenvalue weighted by Gasteiger charge is 2.18. The molecule has 0 fully saturated rings. The Morgan fingerprint density at radius 1 is 1.11 bits per heavy atom. The van der Waals surface area contributed by atoms with E-state index in [1.54, 1.807) is 32.0 Å². The predicted octanol–water partition coefficient (Wildman–Crippen LogP) is 2.51. The summed E-state index contributed by atoms with van der Waals surface area (Å²) in [6.45, 7) is 3.46. The van der Waals surface area contributed by atoms with Gasteiger partial charge < -0.3 is 10.6 Å². The maximum Gasteiger partial charge on any atom is 0.255 e. The Kier molecular flexibility index (Phi) is 5.29. The molecule has 2 aromatic carbocycles. The molecule has 2 amide bonds. The zero-order valence-electron chi connectivity index (χ0n) is 15.1. The molecule has 1 aliphatic rings. The fourth-order valence-corrected chi connectivity index (χ4v) is 4.14. The van der Waals surface area contributed by atoms with Crippen molar-refractivity contribution in [2.75, 3.05) is 10.6 Å². The molecule has 2 aromatic rings. The van der Waals surface area contributed by atoms with Crippen LogP contribution in [0, 0.1) is 0 Å². The molecule has 7 nitrogen and oxygen atoms in total. The average molecular weight is 387 g/mol. The van der Waals surface area contributed by atoms with Crippen molar-refractivity contribution < 1.29 is 18.0 Å². The van der Waals surface area contributed by atoms with Crippen molar-refractivity contribution >= 4 is 33.2 Å². The molecule has 0 aromatic heterocycles. The SMILES string of the molecule is CC(C)NS(=O)(=O)c1cccc(C(=O)Nc2ccc3c(c2)CCC(=O)N3)c1. The highest BCUT2D eigenvalue weighted by Crippen LogP contribution is 2.26. The number of rotatable bonds is 5. The first-order chi connectivity index (χ1) is 12.7. The third kappa shape index (κ3) is 4.53. The highest BCUT2D eigenvalue weighted by molar-refractivity contribution is 7.89. The van der Waals surface area contributed by atoms with Crippen LogP contribution in [0.15, 0.2) is 47.4 Å². The second kappa shape index (κ2) is 7.50. The van der Waals surface area contributed by atoms with E-state index in [0.717, 1.165) is 11.3 Å². The van der Waals surface area contributed by atoms with Crippen LogP contribution < -0.4 is 15.4 Å². The molecule has 0 spiro atoms. The van der Waals surface area contributed by atoms with Crippen LogP contribution in [0.3, 0.4) is 0 Å². The van der Waals surface area contributed by atoms with Gasteiger partial charge in [0.2, 0.25) is 15.9 Å². The van der Waals surface area contributed by atoms with Crippen LogP contribution in [0.5, 0.6) is 0 Å². The van der Waals surface area contributed by atoms with E-state index in [-0.39, 0.29) is 22.4 Å². The van der Waals surface area contributed by atoms with E-state index >= 15 is 0 Å². The second-order valence-corrected chi connectivity index (χ2v) is 8.39. The Bertz CT molecular complexity index is 1000. The molecule has 3 N–H and O–H groups in total. The molecule has 8 heteroatoms. The lowest BCUT2D eigenvalue weighted by Crippen LogP contribution is -2.30. The fraction of sp³-hybridized carbons (Fsp3) is 0.263. The molecular weight excluding hydrogens is 366 g/mol. The zero-order chi connectivity index (χ0) is 19.6. The summed E-state index contributed by atoms with van der Waals surface area (Å²) in [6.07, 6.45) is 1.02. The molecule has 0 aliphatic carbocycles. The minimum atomic E-state index is -3.68. The first-order valence-corrected chi connectivity index (χ1v) is 10.1. The van der Waals surface area contributed by atoms with Crippen LogP contribution in [-0.2, 0) is 21.2 Å². The topological polar surface area (TPSA) is 104 Å². The zero-order valence-corrected chi connectivity index (χ0v) is 15.9. The van der Waals surface area contributed by atoms with Gasteiger partial charge >= 0.3 is 0 Å². The molecule has 0 atom stereocenters. The number of anilines is 2. The third-order valence-electron chi connectivity index (χ3n) is 4.06. The summed E-state index contributed by atoms with van der Waals surface area (Å²) in [7, 11) is -3.68. The molecule has 1 aliphatic heterocycles. The Balaban J connectivity index is 1.79. The van der Waals surface area contributed by atoms with E-state index < -0.39 is 15.9 Å². The van der Waals surface area contributed by atoms with Crippen molar-refractivity contribution in [2.45, 2.75) is 37.6 Å². The van der Waals surface area contributed by atoms with Crippen molar-refractivity contribution in [3.05, 3.63) is 53.6 Å². The maximum absolute atomic E-state index is 12.5. The smallest absolute Gasteiger partial charge is 0.255 e. The van der Waals surface area contributed by atoms with Gasteiger partial charge in [0, 0.05) is 29.4 Å². The van der Waals surface area contributed by atoms with Crippen LogP contribution in [-0.4, -0.2) is 26.3 Å². The Labute approximate surface area is 158 Å². The summed E-state index contributed by atoms with van der Waals surface area (Å²) in [5.41, 5.74) is 2.53. The van der Waals surface area contributed by atoms with Crippen LogP contribution in [0.25, 0.3) is 0 Å². The number of carbonyl (C=O) groups is 2. The summed E-state index contributed by atoms with van der Waals surface area (Å²) in [4.78, 5) is 24.0. The van der Waals surface area contributed by atoms with Gasteiger partial charge in [-0.2, -0.15) is 0 Å². The summed E-state index contributed by atoms with van der Waals surface area (Å²) in [5.74, 6) is -0.427. The molecular formula is C19H21N3O4S. The quantitative estimate of drug-likeness (QED) is 0.733. The Morgan fingerprint density at radius 3 is 2.63 bits per heavy atom. The number of amides is 2. The molecule has 0 bridgehead atoms. The van der Waals surface area contributed by atoms with Gasteiger partial charge in [0.25, 0.3) is 5.91 Å². The second-order valence-electron chi connectivity index (χ2n) is 6.68. The summed E-state index contributed by atoms with van der Waals surface area (Å²) >= 11 is 0. The van der Waals surface area contributed by atoms with E-state index in [0.29, 0.717) is 18.5 Å². The van der Waals surface area contributed by atoms with Crippen LogP contribution >= 0.6 is 0 Å². The first kappa shape index (κ1) is 19.1. The Morgan fingerprint density at radius 2 is 1.89 bits per heavy atom.